The lowest BCUT2D eigenvalue weighted by Crippen LogP contribution is -2.36. The molecule has 1 atom stereocenters. The molecule has 6 nitrogen and oxygen atoms in total. The van der Waals surface area contributed by atoms with Crippen LogP contribution in [0.3, 0.4) is 0 Å². The van der Waals surface area contributed by atoms with E-state index in [-0.39, 0.29) is 17.9 Å². The molecule has 0 aliphatic heterocycles. The maximum absolute atomic E-state index is 13.5. The first-order valence-corrected chi connectivity index (χ1v) is 9.70. The number of halogens is 1. The Kier molecular flexibility index (Phi) is 7.20. The van der Waals surface area contributed by atoms with Gasteiger partial charge in [0, 0.05) is 12.2 Å². The summed E-state index contributed by atoms with van der Waals surface area (Å²) in [6.45, 7) is 0.314. The third-order valence-corrected chi connectivity index (χ3v) is 4.66. The largest absolute Gasteiger partial charge is 0.456 e. The van der Waals surface area contributed by atoms with E-state index >= 15 is 0 Å². The molecule has 0 spiro atoms. The molecule has 0 saturated carbocycles. The highest BCUT2D eigenvalue weighted by molar-refractivity contribution is 5.89. The van der Waals surface area contributed by atoms with E-state index in [0.717, 1.165) is 5.56 Å². The molecule has 0 saturated heterocycles. The van der Waals surface area contributed by atoms with Crippen LogP contribution < -0.4 is 15.4 Å². The number of likely N-dealkylation sites (N-methyl/N-ethyl adjacent to an activating group) is 1. The van der Waals surface area contributed by atoms with Crippen LogP contribution in [-0.4, -0.2) is 31.6 Å². The summed E-state index contributed by atoms with van der Waals surface area (Å²) in [7, 11) is 3.75. The van der Waals surface area contributed by atoms with Crippen molar-refractivity contribution < 1.29 is 13.9 Å². The van der Waals surface area contributed by atoms with E-state index in [9.17, 15) is 9.18 Å². The molecule has 1 unspecified atom stereocenters. The molecule has 0 aliphatic carbocycles. The van der Waals surface area contributed by atoms with Gasteiger partial charge in [0.2, 0.25) is 0 Å². The Balaban J connectivity index is 1.57. The Morgan fingerprint density at radius 2 is 1.84 bits per heavy atom. The number of hydrogen-bond donors (Lipinski definition) is 2. The first-order chi connectivity index (χ1) is 15.0. The number of hydrogen-bond acceptors (Lipinski definition) is 4. The van der Waals surface area contributed by atoms with Gasteiger partial charge < -0.3 is 20.3 Å². The zero-order valence-corrected chi connectivity index (χ0v) is 17.3. The molecule has 0 radical (unpaired) electrons. The Morgan fingerprint density at radius 1 is 1.10 bits per heavy atom. The van der Waals surface area contributed by atoms with Crippen molar-refractivity contribution >= 4 is 11.7 Å². The summed E-state index contributed by atoms with van der Waals surface area (Å²) in [5.41, 5.74) is 1.81. The van der Waals surface area contributed by atoms with Crippen molar-refractivity contribution in [1.29, 1.82) is 5.26 Å². The highest BCUT2D eigenvalue weighted by Crippen LogP contribution is 2.26. The molecule has 0 heterocycles. The molecule has 31 heavy (non-hydrogen) atoms. The minimum atomic E-state index is -0.369. The molecular formula is C24H23FN4O2. The molecule has 3 aromatic carbocycles. The van der Waals surface area contributed by atoms with Crippen molar-refractivity contribution in [2.75, 3.05) is 26.0 Å². The first-order valence-electron chi connectivity index (χ1n) is 9.70. The zero-order valence-electron chi connectivity index (χ0n) is 17.3. The lowest BCUT2D eigenvalue weighted by Gasteiger charge is -2.25. The maximum atomic E-state index is 13.5. The van der Waals surface area contributed by atoms with E-state index in [1.165, 1.54) is 12.1 Å². The van der Waals surface area contributed by atoms with Gasteiger partial charge in [-0.1, -0.05) is 24.3 Å². The molecular weight excluding hydrogens is 395 g/mol. The van der Waals surface area contributed by atoms with Gasteiger partial charge >= 0.3 is 6.03 Å². The van der Waals surface area contributed by atoms with Crippen LogP contribution >= 0.6 is 0 Å². The number of nitriles is 1. The Bertz CT molecular complexity index is 1080. The molecule has 158 valence electrons. The average molecular weight is 418 g/mol. The average Bonchev–Trinajstić information content (AvgIpc) is 2.75. The summed E-state index contributed by atoms with van der Waals surface area (Å²) in [6.07, 6.45) is 0. The van der Waals surface area contributed by atoms with Crippen molar-refractivity contribution in [2.24, 2.45) is 0 Å². The summed E-state index contributed by atoms with van der Waals surface area (Å²) < 4.78 is 19.3. The Labute approximate surface area is 180 Å². The van der Waals surface area contributed by atoms with Crippen LogP contribution in [0.1, 0.15) is 17.2 Å². The first kappa shape index (κ1) is 21.8. The predicted molar refractivity (Wildman–Crippen MR) is 118 cm³/mol. The summed E-state index contributed by atoms with van der Waals surface area (Å²) in [6, 6.07) is 21.7. The highest BCUT2D eigenvalue weighted by atomic mass is 19.1. The van der Waals surface area contributed by atoms with Crippen LogP contribution in [0.2, 0.25) is 0 Å². The van der Waals surface area contributed by atoms with Gasteiger partial charge in [0.15, 0.2) is 0 Å². The van der Waals surface area contributed by atoms with E-state index in [4.69, 9.17) is 10.00 Å². The number of carbonyl (C=O) groups is 1. The zero-order chi connectivity index (χ0) is 22.2. The fraction of sp³-hybridized carbons (Fsp3) is 0.167. The summed E-state index contributed by atoms with van der Waals surface area (Å²) >= 11 is 0. The molecule has 0 aliphatic rings. The second-order valence-corrected chi connectivity index (χ2v) is 7.10. The molecule has 2 N–H and O–H groups in total. The minimum absolute atomic E-state index is 0.169. The number of benzene rings is 3. The monoisotopic (exact) mass is 418 g/mol. The van der Waals surface area contributed by atoms with Crippen molar-refractivity contribution in [3.63, 3.8) is 0 Å². The van der Waals surface area contributed by atoms with Crippen LogP contribution in [0.5, 0.6) is 11.5 Å². The van der Waals surface area contributed by atoms with E-state index in [0.29, 0.717) is 29.3 Å². The molecule has 0 aromatic heterocycles. The normalized spacial score (nSPS) is 11.5. The van der Waals surface area contributed by atoms with Crippen LogP contribution in [-0.2, 0) is 0 Å². The van der Waals surface area contributed by atoms with Gasteiger partial charge in [-0.05, 0) is 68.2 Å². The van der Waals surface area contributed by atoms with Crippen LogP contribution in [0, 0.1) is 17.1 Å². The van der Waals surface area contributed by atoms with Crippen molar-refractivity contribution in [2.45, 2.75) is 6.04 Å². The number of urea groups is 1. The van der Waals surface area contributed by atoms with Gasteiger partial charge in [-0.25, -0.2) is 9.18 Å². The summed E-state index contributed by atoms with van der Waals surface area (Å²) in [5.74, 6) is 0.705. The number of nitrogens with zero attached hydrogens (tertiary/aromatic N) is 2. The molecule has 3 aromatic rings. The van der Waals surface area contributed by atoms with Crippen LogP contribution in [0.25, 0.3) is 0 Å². The number of ether oxygens (including phenoxy) is 1. The van der Waals surface area contributed by atoms with E-state index in [1.807, 2.05) is 25.1 Å². The van der Waals surface area contributed by atoms with E-state index in [1.54, 1.807) is 54.6 Å². The number of para-hydroxylation sites is 1. The van der Waals surface area contributed by atoms with Gasteiger partial charge in [-0.15, -0.1) is 0 Å². The second-order valence-electron chi connectivity index (χ2n) is 7.10. The molecule has 2 amide bonds. The van der Waals surface area contributed by atoms with Gasteiger partial charge in [-0.3, -0.25) is 0 Å². The van der Waals surface area contributed by atoms with Crippen molar-refractivity contribution in [1.82, 2.24) is 10.2 Å². The number of anilines is 1. The van der Waals surface area contributed by atoms with Crippen LogP contribution in [0.4, 0.5) is 14.9 Å². The quantitative estimate of drug-likeness (QED) is 0.571. The van der Waals surface area contributed by atoms with Gasteiger partial charge in [-0.2, -0.15) is 5.26 Å². The summed E-state index contributed by atoms with van der Waals surface area (Å²) in [4.78, 5) is 14.2. The Morgan fingerprint density at radius 3 is 2.52 bits per heavy atom. The van der Waals surface area contributed by atoms with E-state index in [2.05, 4.69) is 16.7 Å². The number of rotatable bonds is 7. The number of nitrogens with one attached hydrogen (secondary N) is 2. The minimum Gasteiger partial charge on any atom is -0.456 e. The predicted octanol–water partition coefficient (Wildman–Crippen LogP) is 4.91. The summed E-state index contributed by atoms with van der Waals surface area (Å²) in [5, 5.41) is 14.7. The molecule has 0 fully saturated rings. The fourth-order valence-corrected chi connectivity index (χ4v) is 3.06. The molecule has 7 heteroatoms. The SMILES string of the molecule is CN(C)C(CNC(=O)Nc1ccc(Oc2ccccc2C#N)cc1)c1cccc(F)c1. The second kappa shape index (κ2) is 10.2. The maximum Gasteiger partial charge on any atom is 0.319 e. The standard InChI is InChI=1S/C24H23FN4O2/c1-29(2)22(17-7-5-8-19(25)14-17)16-27-24(30)28-20-10-12-21(13-11-20)31-23-9-4-3-6-18(23)15-26/h3-14,22H,16H2,1-2H3,(H2,27,28,30). The highest BCUT2D eigenvalue weighted by Gasteiger charge is 2.16. The third kappa shape index (κ3) is 6.04. The topological polar surface area (TPSA) is 77.4 Å². The molecule has 3 rings (SSSR count). The van der Waals surface area contributed by atoms with Crippen molar-refractivity contribution in [3.05, 3.63) is 89.7 Å². The van der Waals surface area contributed by atoms with Gasteiger partial charge in [0.25, 0.3) is 0 Å². The van der Waals surface area contributed by atoms with Gasteiger partial charge in [0.1, 0.15) is 23.4 Å². The smallest absolute Gasteiger partial charge is 0.319 e. The third-order valence-electron chi connectivity index (χ3n) is 4.66. The number of amides is 2. The molecule has 0 bridgehead atoms. The Hall–Kier alpha value is -3.89. The number of carbonyl (C=O) groups excluding carboxylic acids is 1. The fourth-order valence-electron chi connectivity index (χ4n) is 3.06. The van der Waals surface area contributed by atoms with Gasteiger partial charge in [0.05, 0.1) is 11.6 Å². The van der Waals surface area contributed by atoms with Crippen molar-refractivity contribution in [3.8, 4) is 17.6 Å². The van der Waals surface area contributed by atoms with Crippen LogP contribution in [0.15, 0.2) is 72.8 Å². The lowest BCUT2D eigenvalue weighted by atomic mass is 10.1. The van der Waals surface area contributed by atoms with E-state index < -0.39 is 0 Å². The lowest BCUT2D eigenvalue weighted by molar-refractivity contribution is 0.243.